The smallest absolute Gasteiger partial charge is 0.399 e. The Kier molecular flexibility index (Phi) is 4.18. The molecule has 1 aromatic carbocycles. The summed E-state index contributed by atoms with van der Waals surface area (Å²) in [5.41, 5.74) is 6.78. The van der Waals surface area contributed by atoms with Crippen LogP contribution in [0.25, 0.3) is 0 Å². The molecule has 0 aromatic heterocycles. The largest absolute Gasteiger partial charge is 0.497 e. The molecule has 0 radical (unpaired) electrons. The summed E-state index contributed by atoms with van der Waals surface area (Å²) in [4.78, 5) is 0. The number of hydrogen-bond donors (Lipinski definition) is 1. The summed E-state index contributed by atoms with van der Waals surface area (Å²) in [6, 6.07) is 1.90. The van der Waals surface area contributed by atoms with Crippen molar-refractivity contribution in [2.24, 2.45) is 0 Å². The summed E-state index contributed by atoms with van der Waals surface area (Å²) in [5.74, 6) is 0. The van der Waals surface area contributed by atoms with Crippen LogP contribution >= 0.6 is 47.8 Å². The molecule has 0 saturated carbocycles. The minimum Gasteiger partial charge on any atom is -0.399 e. The molecular weight excluding hydrogens is 441 g/mol. The number of nitrogen functional groups attached to an aromatic ring is 1. The van der Waals surface area contributed by atoms with Gasteiger partial charge in [0.1, 0.15) is 0 Å². The van der Waals surface area contributed by atoms with E-state index in [9.17, 15) is 0 Å². The zero-order chi connectivity index (χ0) is 14.6. The van der Waals surface area contributed by atoms with Crippen molar-refractivity contribution in [3.05, 3.63) is 19.5 Å². The van der Waals surface area contributed by atoms with Gasteiger partial charge in [-0.2, -0.15) is 0 Å². The second kappa shape index (κ2) is 5.02. The Bertz CT molecular complexity index is 518. The van der Waals surface area contributed by atoms with Crippen LogP contribution in [0.2, 0.25) is 0 Å². The molecule has 2 N–H and O–H groups in total. The quantitative estimate of drug-likeness (QED) is 0.517. The molecule has 7 heteroatoms. The number of halogens is 3. The third-order valence-electron chi connectivity index (χ3n) is 3.73. The summed E-state index contributed by atoms with van der Waals surface area (Å²) in [6.07, 6.45) is 0. The lowest BCUT2D eigenvalue weighted by atomic mass is 9.79. The van der Waals surface area contributed by atoms with Crippen molar-refractivity contribution in [2.75, 3.05) is 5.73 Å². The lowest BCUT2D eigenvalue weighted by Crippen LogP contribution is -2.41. The van der Waals surface area contributed by atoms with Crippen molar-refractivity contribution in [3.8, 4) is 0 Å². The van der Waals surface area contributed by atoms with Crippen molar-refractivity contribution >= 4 is 66.1 Å². The molecule has 1 aromatic rings. The van der Waals surface area contributed by atoms with Crippen LogP contribution in [-0.2, 0) is 9.31 Å². The van der Waals surface area contributed by atoms with Gasteiger partial charge < -0.3 is 15.0 Å². The van der Waals surface area contributed by atoms with Crippen molar-refractivity contribution < 1.29 is 9.31 Å². The van der Waals surface area contributed by atoms with Crippen LogP contribution in [0.15, 0.2) is 19.5 Å². The fraction of sp³-hybridized carbons (Fsp3) is 0.500. The van der Waals surface area contributed by atoms with Crippen LogP contribution in [0.4, 0.5) is 5.69 Å². The van der Waals surface area contributed by atoms with Crippen molar-refractivity contribution in [1.82, 2.24) is 0 Å². The first kappa shape index (κ1) is 15.8. The highest BCUT2D eigenvalue weighted by Crippen LogP contribution is 2.39. The summed E-state index contributed by atoms with van der Waals surface area (Å²) in [7, 11) is -0.454. The van der Waals surface area contributed by atoms with Crippen LogP contribution in [0.5, 0.6) is 0 Å². The van der Waals surface area contributed by atoms with Crippen molar-refractivity contribution in [2.45, 2.75) is 38.9 Å². The number of benzene rings is 1. The Morgan fingerprint density at radius 2 is 1.47 bits per heavy atom. The zero-order valence-corrected chi connectivity index (χ0v) is 15.9. The van der Waals surface area contributed by atoms with Gasteiger partial charge in [-0.3, -0.25) is 0 Å². The Morgan fingerprint density at radius 1 is 1.00 bits per heavy atom. The Hall–Kier alpha value is 0.445. The molecule has 1 aliphatic heterocycles. The standard InChI is InChI=1S/C12H15BBr3NO2/c1-11(2)12(3,4)19-13(18-11)8-6(14)5-7(15)10(17)9(8)16/h5H,17H2,1-4H3. The third-order valence-corrected chi connectivity index (χ3v) is 5.90. The van der Waals surface area contributed by atoms with Gasteiger partial charge in [0, 0.05) is 18.9 Å². The summed E-state index contributed by atoms with van der Waals surface area (Å²) in [5, 5.41) is 0. The molecule has 1 aliphatic rings. The topological polar surface area (TPSA) is 44.5 Å². The molecule has 0 atom stereocenters. The maximum Gasteiger partial charge on any atom is 0.497 e. The van der Waals surface area contributed by atoms with Gasteiger partial charge in [0.15, 0.2) is 0 Å². The average Bonchev–Trinajstić information content (AvgIpc) is 2.44. The fourth-order valence-corrected chi connectivity index (χ4v) is 4.29. The number of hydrogen-bond acceptors (Lipinski definition) is 3. The Balaban J connectivity index is 2.49. The second-order valence-corrected chi connectivity index (χ2v) is 8.07. The van der Waals surface area contributed by atoms with Crippen molar-refractivity contribution in [3.63, 3.8) is 0 Å². The normalized spacial score (nSPS) is 20.9. The van der Waals surface area contributed by atoms with E-state index in [1.807, 2.05) is 33.8 Å². The molecule has 0 unspecified atom stereocenters. The van der Waals surface area contributed by atoms with E-state index in [0.717, 1.165) is 18.9 Å². The van der Waals surface area contributed by atoms with E-state index in [1.54, 1.807) is 0 Å². The highest BCUT2D eigenvalue weighted by atomic mass is 79.9. The van der Waals surface area contributed by atoms with Gasteiger partial charge in [-0.25, -0.2) is 0 Å². The summed E-state index contributed by atoms with van der Waals surface area (Å²) >= 11 is 10.5. The monoisotopic (exact) mass is 453 g/mol. The van der Waals surface area contributed by atoms with Crippen molar-refractivity contribution in [1.29, 1.82) is 0 Å². The van der Waals surface area contributed by atoms with E-state index in [-0.39, 0.29) is 11.2 Å². The van der Waals surface area contributed by atoms with Crippen LogP contribution in [0.1, 0.15) is 27.7 Å². The van der Waals surface area contributed by atoms with Gasteiger partial charge in [0.2, 0.25) is 0 Å². The number of rotatable bonds is 1. The molecule has 1 heterocycles. The maximum absolute atomic E-state index is 6.05. The van der Waals surface area contributed by atoms with Gasteiger partial charge >= 0.3 is 7.12 Å². The number of anilines is 1. The highest BCUT2D eigenvalue weighted by molar-refractivity contribution is 9.12. The molecule has 0 spiro atoms. The second-order valence-electron chi connectivity index (χ2n) is 5.57. The number of nitrogens with two attached hydrogens (primary N) is 1. The first-order valence-electron chi connectivity index (χ1n) is 5.85. The molecule has 1 saturated heterocycles. The molecule has 104 valence electrons. The first-order chi connectivity index (χ1) is 8.57. The highest BCUT2D eigenvalue weighted by Gasteiger charge is 2.52. The summed E-state index contributed by atoms with van der Waals surface area (Å²) < 4.78 is 14.6. The molecule has 0 bridgehead atoms. The van der Waals surface area contributed by atoms with Crippen LogP contribution < -0.4 is 11.2 Å². The van der Waals surface area contributed by atoms with Gasteiger partial charge in [-0.05, 0) is 65.6 Å². The summed E-state index contributed by atoms with van der Waals surface area (Å²) in [6.45, 7) is 8.10. The molecular formula is C12H15BBr3NO2. The SMILES string of the molecule is CC1(C)OB(c2c(Br)cc(Br)c(N)c2Br)OC1(C)C. The van der Waals surface area contributed by atoms with E-state index in [4.69, 9.17) is 15.0 Å². The molecule has 19 heavy (non-hydrogen) atoms. The zero-order valence-electron chi connectivity index (χ0n) is 11.2. The van der Waals surface area contributed by atoms with Gasteiger partial charge in [0.25, 0.3) is 0 Å². The molecule has 0 amide bonds. The minimum absolute atomic E-state index is 0.377. The Morgan fingerprint density at radius 3 is 1.95 bits per heavy atom. The predicted molar refractivity (Wildman–Crippen MR) is 89.7 cm³/mol. The van der Waals surface area contributed by atoms with Crippen LogP contribution in [0.3, 0.4) is 0 Å². The van der Waals surface area contributed by atoms with Crippen LogP contribution in [-0.4, -0.2) is 18.3 Å². The predicted octanol–water partition coefficient (Wildman–Crippen LogP) is 3.86. The van der Waals surface area contributed by atoms with E-state index in [1.165, 1.54) is 0 Å². The molecule has 0 aliphatic carbocycles. The molecule has 3 nitrogen and oxygen atoms in total. The molecule has 2 rings (SSSR count). The molecule has 1 fully saturated rings. The van der Waals surface area contributed by atoms with E-state index >= 15 is 0 Å². The van der Waals surface area contributed by atoms with Gasteiger partial charge in [-0.1, -0.05) is 15.9 Å². The average molecular weight is 456 g/mol. The lowest BCUT2D eigenvalue weighted by Gasteiger charge is -2.32. The third kappa shape index (κ3) is 2.64. The lowest BCUT2D eigenvalue weighted by molar-refractivity contribution is 0.00578. The van der Waals surface area contributed by atoms with E-state index < -0.39 is 7.12 Å². The van der Waals surface area contributed by atoms with Gasteiger partial charge in [-0.15, -0.1) is 0 Å². The fourth-order valence-electron chi connectivity index (χ4n) is 1.80. The van der Waals surface area contributed by atoms with Crippen LogP contribution in [0, 0.1) is 0 Å². The van der Waals surface area contributed by atoms with E-state index in [2.05, 4.69) is 47.8 Å². The minimum atomic E-state index is -0.454. The maximum atomic E-state index is 6.05. The first-order valence-corrected chi connectivity index (χ1v) is 8.23. The Labute approximate surface area is 139 Å². The van der Waals surface area contributed by atoms with Gasteiger partial charge in [0.05, 0.1) is 16.9 Å². The van der Waals surface area contributed by atoms with E-state index in [0.29, 0.717) is 5.69 Å².